The van der Waals surface area contributed by atoms with Gasteiger partial charge in [0.05, 0.1) is 29.9 Å². The first-order valence-electron chi connectivity index (χ1n) is 17.5. The molecular formula is C39H67NO5Si2. The molecule has 0 amide bonds. The van der Waals surface area contributed by atoms with Crippen LogP contribution in [-0.2, 0) is 9.22 Å². The van der Waals surface area contributed by atoms with Crippen LogP contribution in [0.4, 0.5) is 0 Å². The number of hydrogen-bond acceptors (Lipinski definition) is 6. The third-order valence-electron chi connectivity index (χ3n) is 9.71. The van der Waals surface area contributed by atoms with Gasteiger partial charge in [-0.2, -0.15) is 0 Å². The second kappa shape index (κ2) is 18.8. The summed E-state index contributed by atoms with van der Waals surface area (Å²) in [6.07, 6.45) is 8.03. The Bertz CT molecular complexity index is 1230. The van der Waals surface area contributed by atoms with Gasteiger partial charge in [0.2, 0.25) is 0 Å². The molecule has 0 saturated heterocycles. The average molecular weight is 686 g/mol. The Kier molecular flexibility index (Phi) is 17.2. The number of carbonyl (C=O) groups excluding carboxylic acids is 1. The molecule has 0 aromatic carbocycles. The zero-order chi connectivity index (χ0) is 36.2. The second-order valence-electron chi connectivity index (χ2n) is 16.6. The molecule has 1 heterocycles. The van der Waals surface area contributed by atoms with E-state index in [1.807, 2.05) is 31.3 Å². The van der Waals surface area contributed by atoms with Crippen molar-refractivity contribution in [3.63, 3.8) is 0 Å². The fraction of sp³-hybridized carbons (Fsp3) is 0.692. The molecule has 0 aliphatic carbocycles. The Morgan fingerprint density at radius 3 is 2.21 bits per heavy atom. The van der Waals surface area contributed by atoms with Gasteiger partial charge in [-0.25, -0.2) is 0 Å². The lowest BCUT2D eigenvalue weighted by Gasteiger charge is -2.39. The highest BCUT2D eigenvalue weighted by atomic mass is 28.4. The molecule has 0 saturated carbocycles. The molecule has 0 aliphatic heterocycles. The first-order chi connectivity index (χ1) is 21.5. The van der Waals surface area contributed by atoms with Crippen LogP contribution >= 0.6 is 0 Å². The van der Waals surface area contributed by atoms with Crippen molar-refractivity contribution in [1.82, 2.24) is 4.98 Å². The Morgan fingerprint density at radius 2 is 1.68 bits per heavy atom. The summed E-state index contributed by atoms with van der Waals surface area (Å²) < 4.78 is 6.92. The molecule has 5 unspecified atom stereocenters. The average Bonchev–Trinajstić information content (AvgIpc) is 2.96. The maximum Gasteiger partial charge on any atom is 0.192 e. The van der Waals surface area contributed by atoms with Crippen LogP contribution in [-0.4, -0.2) is 67.4 Å². The fourth-order valence-electron chi connectivity index (χ4n) is 5.25. The highest BCUT2D eigenvalue weighted by Crippen LogP contribution is 2.39. The fourth-order valence-corrected chi connectivity index (χ4v) is 7.23. The van der Waals surface area contributed by atoms with Crippen LogP contribution in [0.25, 0.3) is 6.08 Å². The summed E-state index contributed by atoms with van der Waals surface area (Å²) in [6.45, 7) is 27.3. The molecule has 0 radical (unpaired) electrons. The normalized spacial score (nSPS) is 16.9. The van der Waals surface area contributed by atoms with Gasteiger partial charge >= 0.3 is 0 Å². The number of nitrogens with zero attached hydrogens (tertiary/aromatic N) is 1. The van der Waals surface area contributed by atoms with Gasteiger partial charge in [-0.3, -0.25) is 9.78 Å². The molecule has 1 aromatic heterocycles. The Labute approximate surface area is 289 Å². The van der Waals surface area contributed by atoms with Crippen molar-refractivity contribution in [2.45, 2.75) is 150 Å². The summed E-state index contributed by atoms with van der Waals surface area (Å²) in [4.78, 5) is 18.2. The first-order valence-corrected chi connectivity index (χ1v) is 23.9. The summed E-state index contributed by atoms with van der Waals surface area (Å²) in [6, 6.07) is 5.93. The van der Waals surface area contributed by atoms with Crippen LogP contribution < -0.4 is 0 Å². The van der Waals surface area contributed by atoms with Gasteiger partial charge in [-0.15, -0.1) is 11.5 Å². The van der Waals surface area contributed by atoms with Crippen LogP contribution in [0.3, 0.4) is 0 Å². The topological polar surface area (TPSA) is 99.9 Å². The van der Waals surface area contributed by atoms with Crippen molar-refractivity contribution in [2.75, 3.05) is 6.61 Å². The van der Waals surface area contributed by atoms with Crippen LogP contribution in [0.15, 0.2) is 41.6 Å². The van der Waals surface area contributed by atoms with Crippen LogP contribution in [0.5, 0.6) is 0 Å². The molecule has 0 aliphatic rings. The molecular weight excluding hydrogens is 619 g/mol. The predicted octanol–water partition coefficient (Wildman–Crippen LogP) is 8.60. The highest BCUT2D eigenvalue weighted by Gasteiger charge is 2.43. The molecule has 47 heavy (non-hydrogen) atoms. The lowest BCUT2D eigenvalue weighted by molar-refractivity contribution is -0.142. The van der Waals surface area contributed by atoms with Crippen molar-refractivity contribution in [3.05, 3.63) is 47.3 Å². The Hall–Kier alpha value is -1.87. The highest BCUT2D eigenvalue weighted by molar-refractivity contribution is 6.83. The summed E-state index contributed by atoms with van der Waals surface area (Å²) in [7, 11) is -3.68. The van der Waals surface area contributed by atoms with Crippen LogP contribution in [0.1, 0.15) is 99.6 Å². The van der Waals surface area contributed by atoms with E-state index in [9.17, 15) is 20.1 Å². The predicted molar refractivity (Wildman–Crippen MR) is 203 cm³/mol. The minimum absolute atomic E-state index is 0.0397. The van der Waals surface area contributed by atoms with E-state index < -0.39 is 39.9 Å². The molecule has 5 atom stereocenters. The molecule has 0 spiro atoms. The first kappa shape index (κ1) is 43.2. The minimum Gasteiger partial charge on any atom is -0.410 e. The van der Waals surface area contributed by atoms with E-state index in [1.165, 1.54) is 5.57 Å². The number of pyridine rings is 1. The second-order valence-corrected chi connectivity index (χ2v) is 26.1. The van der Waals surface area contributed by atoms with Gasteiger partial charge in [0.1, 0.15) is 13.9 Å². The molecule has 0 bridgehead atoms. The van der Waals surface area contributed by atoms with E-state index in [-0.39, 0.29) is 42.3 Å². The van der Waals surface area contributed by atoms with Gasteiger partial charge in [0.15, 0.2) is 8.32 Å². The largest absolute Gasteiger partial charge is 0.410 e. The Morgan fingerprint density at radius 1 is 1.04 bits per heavy atom. The van der Waals surface area contributed by atoms with Crippen molar-refractivity contribution in [3.8, 4) is 11.5 Å². The number of hydrogen-bond donors (Lipinski definition) is 3. The van der Waals surface area contributed by atoms with Crippen LogP contribution in [0.2, 0.25) is 37.8 Å². The van der Waals surface area contributed by atoms with Crippen molar-refractivity contribution in [1.29, 1.82) is 0 Å². The lowest BCUT2D eigenvalue weighted by Crippen LogP contribution is -2.46. The Balaban J connectivity index is 3.06. The van der Waals surface area contributed by atoms with E-state index in [0.717, 1.165) is 37.0 Å². The third kappa shape index (κ3) is 14.6. The number of rotatable bonds is 18. The molecule has 1 aromatic rings. The summed E-state index contributed by atoms with van der Waals surface area (Å²) in [5.41, 5.74) is 5.60. The quantitative estimate of drug-likeness (QED) is 0.0813. The number of allylic oxidation sites excluding steroid dienone is 1. The van der Waals surface area contributed by atoms with Gasteiger partial charge in [0.25, 0.3) is 0 Å². The van der Waals surface area contributed by atoms with E-state index in [0.29, 0.717) is 0 Å². The lowest BCUT2D eigenvalue weighted by atomic mass is 9.71. The molecule has 1 rings (SSSR count). The van der Waals surface area contributed by atoms with E-state index in [4.69, 9.17) is 4.43 Å². The van der Waals surface area contributed by atoms with Crippen molar-refractivity contribution < 1.29 is 24.5 Å². The maximum atomic E-state index is 13.8. The summed E-state index contributed by atoms with van der Waals surface area (Å²) in [5, 5.41) is 31.6. The SMILES string of the molecule is CC(=CCC(O[Si](C)(C)C(C)(C)C)C(C)=Cc1ccccn1)CCCC(C)C(O)C(CC#C[Si](C)(C)C)C(=O)C(C)(C)C(O)CCO. The van der Waals surface area contributed by atoms with E-state index in [1.54, 1.807) is 13.8 Å². The zero-order valence-electron chi connectivity index (χ0n) is 31.9. The van der Waals surface area contributed by atoms with Crippen molar-refractivity contribution in [2.24, 2.45) is 17.3 Å². The molecule has 8 heteroatoms. The molecule has 3 N–H and O–H groups in total. The van der Waals surface area contributed by atoms with Gasteiger partial charge in [0, 0.05) is 24.6 Å². The number of carbonyl (C=O) groups is 1. The van der Waals surface area contributed by atoms with E-state index in [2.05, 4.69) is 96.0 Å². The third-order valence-corrected chi connectivity index (χ3v) is 15.1. The van der Waals surface area contributed by atoms with E-state index >= 15 is 0 Å². The number of ketones is 1. The molecule has 266 valence electrons. The minimum atomic E-state index is -2.02. The van der Waals surface area contributed by atoms with Crippen molar-refractivity contribution >= 4 is 28.3 Å². The monoisotopic (exact) mass is 685 g/mol. The van der Waals surface area contributed by atoms with Gasteiger partial charge in [-0.05, 0) is 93.8 Å². The van der Waals surface area contributed by atoms with Gasteiger partial charge in [-0.1, -0.05) is 78.9 Å². The number of aromatic nitrogens is 1. The maximum absolute atomic E-state index is 13.8. The summed E-state index contributed by atoms with van der Waals surface area (Å²) >= 11 is 0. The standard InChI is InChI=1S/C39H67NO5Si2/c1-29(22-23-34(45-47(12,13)38(4,5)6)31(3)28-32-20-14-15-25-40-32)18-16-19-30(2)36(43)33(21-17-27-46(9,10)11)37(44)39(7,8)35(42)24-26-41/h14-15,20,22,25,28,30,33-36,41-43H,16,18-19,21,23-24,26H2,1-13H3. The molecule has 6 nitrogen and oxygen atoms in total. The number of Topliss-reactive ketones (excluding diaryl/α,β-unsaturated/α-hetero) is 1. The molecule has 0 fully saturated rings. The summed E-state index contributed by atoms with van der Waals surface area (Å²) in [5.74, 6) is 2.20. The van der Waals surface area contributed by atoms with Crippen LogP contribution in [0, 0.1) is 28.7 Å². The smallest absolute Gasteiger partial charge is 0.192 e. The van der Waals surface area contributed by atoms with Gasteiger partial charge < -0.3 is 19.7 Å². The number of aliphatic hydroxyl groups excluding tert-OH is 3. The number of aliphatic hydroxyl groups is 3. The zero-order valence-corrected chi connectivity index (χ0v) is 33.9.